The Labute approximate surface area is 199 Å². The van der Waals surface area contributed by atoms with Crippen LogP contribution in [0.25, 0.3) is 21.9 Å². The van der Waals surface area contributed by atoms with E-state index in [-0.39, 0.29) is 11.1 Å². The van der Waals surface area contributed by atoms with Gasteiger partial charge in [0.25, 0.3) is 17.7 Å². The summed E-state index contributed by atoms with van der Waals surface area (Å²) >= 11 is 3.42. The molecule has 0 atom stereocenters. The maximum Gasteiger partial charge on any atom is 0.282 e. The molecule has 0 aliphatic carbocycles. The second-order valence-corrected chi connectivity index (χ2v) is 8.64. The van der Waals surface area contributed by atoms with Crippen LogP contribution in [0, 0.1) is 0 Å². The van der Waals surface area contributed by atoms with Gasteiger partial charge in [-0.3, -0.25) is 14.6 Å². The molecule has 34 heavy (non-hydrogen) atoms. The number of hydrogen-bond donors (Lipinski definition) is 1. The minimum absolute atomic E-state index is 0.176. The highest BCUT2D eigenvalue weighted by Crippen LogP contribution is 2.39. The highest BCUT2D eigenvalue weighted by Gasteiger charge is 2.47. The number of carbonyl (C=O) groups is 2. The fraction of sp³-hybridized carbons (Fsp3) is 0.174. The molecule has 174 valence electrons. The summed E-state index contributed by atoms with van der Waals surface area (Å²) in [7, 11) is 1.43. The lowest BCUT2D eigenvalue weighted by atomic mass is 10.1. The third kappa shape index (κ3) is 3.71. The number of carbonyl (C=O) groups excluding carboxylic acids is 2. The number of pyridine rings is 1. The molecule has 0 saturated carbocycles. The molecule has 1 fully saturated rings. The summed E-state index contributed by atoms with van der Waals surface area (Å²) in [5.74, 6) is -3.00. The van der Waals surface area contributed by atoms with Crippen molar-refractivity contribution in [1.82, 2.24) is 9.88 Å². The molecule has 2 amide bonds. The summed E-state index contributed by atoms with van der Waals surface area (Å²) in [6.07, 6.45) is 2.78. The quantitative estimate of drug-likeness (QED) is 0.398. The minimum atomic E-state index is -2.86. The molecule has 0 bridgehead atoms. The first-order valence-electron chi connectivity index (χ1n) is 9.99. The van der Waals surface area contributed by atoms with Gasteiger partial charge in [0.05, 0.1) is 36.8 Å². The lowest BCUT2D eigenvalue weighted by Crippen LogP contribution is -2.58. The van der Waals surface area contributed by atoms with Crippen molar-refractivity contribution < 1.29 is 32.3 Å². The number of methoxy groups -OCH3 is 1. The van der Waals surface area contributed by atoms with E-state index in [0.29, 0.717) is 43.6 Å². The Balaban J connectivity index is 1.51. The molecule has 3 heterocycles. The fourth-order valence-corrected chi connectivity index (χ4v) is 4.50. The number of rotatable bonds is 5. The molecule has 0 unspecified atom stereocenters. The number of nitrogens with two attached hydrogens (primary N) is 1. The first-order chi connectivity index (χ1) is 16.2. The maximum atomic E-state index is 13.2. The molecule has 8 nitrogen and oxygen atoms in total. The number of benzene rings is 2. The van der Waals surface area contributed by atoms with Crippen molar-refractivity contribution in [3.05, 3.63) is 58.4 Å². The predicted octanol–water partition coefficient (Wildman–Crippen LogP) is 4.73. The Bertz CT molecular complexity index is 1480. The van der Waals surface area contributed by atoms with Crippen LogP contribution in [0.5, 0.6) is 17.2 Å². The minimum Gasteiger partial charge on any atom is -0.496 e. The molecule has 0 spiro atoms. The van der Waals surface area contributed by atoms with E-state index in [1.165, 1.54) is 13.4 Å². The summed E-state index contributed by atoms with van der Waals surface area (Å²) in [5.41, 5.74) is 6.68. The summed E-state index contributed by atoms with van der Waals surface area (Å²) in [6.45, 7) is -1.24. The van der Waals surface area contributed by atoms with Crippen LogP contribution >= 0.6 is 15.9 Å². The first-order valence-corrected chi connectivity index (χ1v) is 10.8. The van der Waals surface area contributed by atoms with E-state index in [1.54, 1.807) is 36.5 Å². The number of hydrogen-bond acceptors (Lipinski definition) is 6. The molecule has 1 aliphatic heterocycles. The van der Waals surface area contributed by atoms with Gasteiger partial charge in [-0.25, -0.2) is 8.78 Å². The predicted molar refractivity (Wildman–Crippen MR) is 122 cm³/mol. The Morgan fingerprint density at radius 1 is 1.18 bits per heavy atom. The Morgan fingerprint density at radius 3 is 2.62 bits per heavy atom. The number of alkyl halides is 2. The van der Waals surface area contributed by atoms with E-state index >= 15 is 0 Å². The Kier molecular flexibility index (Phi) is 5.16. The molecule has 2 aromatic carbocycles. The lowest BCUT2D eigenvalue weighted by molar-refractivity contribution is -0.113. The number of primary amides is 1. The van der Waals surface area contributed by atoms with Crippen LogP contribution in [0.15, 0.2) is 51.7 Å². The van der Waals surface area contributed by atoms with Crippen molar-refractivity contribution in [2.24, 2.45) is 5.73 Å². The van der Waals surface area contributed by atoms with Gasteiger partial charge in [-0.05, 0) is 34.1 Å². The molecule has 2 aromatic heterocycles. The smallest absolute Gasteiger partial charge is 0.282 e. The molecule has 1 aliphatic rings. The summed E-state index contributed by atoms with van der Waals surface area (Å²) in [4.78, 5) is 29.8. The Morgan fingerprint density at radius 2 is 1.94 bits per heavy atom. The van der Waals surface area contributed by atoms with E-state index in [9.17, 15) is 18.4 Å². The molecule has 4 aromatic rings. The van der Waals surface area contributed by atoms with Crippen molar-refractivity contribution in [2.45, 2.75) is 5.92 Å². The third-order valence-electron chi connectivity index (χ3n) is 5.48. The number of ether oxygens (including phenoxy) is 2. The van der Waals surface area contributed by atoms with Crippen LogP contribution < -0.4 is 15.2 Å². The fourth-order valence-electron chi connectivity index (χ4n) is 3.86. The van der Waals surface area contributed by atoms with Crippen LogP contribution in [0.3, 0.4) is 0 Å². The lowest BCUT2D eigenvalue weighted by Gasteiger charge is -2.38. The van der Waals surface area contributed by atoms with Gasteiger partial charge >= 0.3 is 0 Å². The van der Waals surface area contributed by atoms with Crippen LogP contribution in [-0.4, -0.2) is 47.8 Å². The van der Waals surface area contributed by atoms with E-state index in [2.05, 4.69) is 20.9 Å². The van der Waals surface area contributed by atoms with Crippen molar-refractivity contribution in [3.8, 4) is 17.2 Å². The van der Waals surface area contributed by atoms with E-state index in [0.717, 1.165) is 4.90 Å². The topological polar surface area (TPSA) is 108 Å². The average molecular weight is 532 g/mol. The summed E-state index contributed by atoms with van der Waals surface area (Å²) < 4.78 is 43.7. The molecule has 0 radical (unpaired) electrons. The third-order valence-corrected chi connectivity index (χ3v) is 6.10. The number of furan rings is 1. The normalized spacial score (nSPS) is 14.8. The molecule has 5 rings (SSSR count). The SMILES string of the molecule is COc1cc2nccc(Oc3cc(Br)c4c(C(=O)N5CC(F)(F)C5)coc4c3)c2cc1C(N)=O. The van der Waals surface area contributed by atoms with Gasteiger partial charge in [-0.2, -0.15) is 0 Å². The molecule has 1 saturated heterocycles. The highest BCUT2D eigenvalue weighted by molar-refractivity contribution is 9.10. The van der Waals surface area contributed by atoms with Gasteiger partial charge in [0.15, 0.2) is 0 Å². The largest absolute Gasteiger partial charge is 0.496 e. The van der Waals surface area contributed by atoms with Gasteiger partial charge in [0.2, 0.25) is 0 Å². The van der Waals surface area contributed by atoms with Crippen molar-refractivity contribution in [3.63, 3.8) is 0 Å². The average Bonchev–Trinajstić information content (AvgIpc) is 3.20. The van der Waals surface area contributed by atoms with Crippen LogP contribution in [0.1, 0.15) is 20.7 Å². The number of halogens is 3. The molecular formula is C23H16BrF2N3O5. The number of likely N-dealkylation sites (tertiary alicyclic amines) is 1. The van der Waals surface area contributed by atoms with E-state index in [4.69, 9.17) is 19.6 Å². The van der Waals surface area contributed by atoms with Crippen LogP contribution in [0.2, 0.25) is 0 Å². The zero-order chi connectivity index (χ0) is 24.2. The molecule has 2 N–H and O–H groups in total. The summed E-state index contributed by atoms with van der Waals surface area (Å²) in [5, 5.41) is 0.982. The number of nitrogens with zero attached hydrogens (tertiary/aromatic N) is 2. The van der Waals surface area contributed by atoms with Crippen LogP contribution in [0.4, 0.5) is 8.78 Å². The number of fused-ring (bicyclic) bond motifs is 2. The molecular weight excluding hydrogens is 516 g/mol. The Hall–Kier alpha value is -3.73. The van der Waals surface area contributed by atoms with Gasteiger partial charge in [0, 0.05) is 33.6 Å². The number of amides is 2. The standard InChI is InChI=1S/C23H16BrF2N3O5/c1-32-18-7-16-12(6-13(18)21(27)30)17(2-3-28-16)34-11-4-15(24)20-14(8-33-19(20)5-11)22(31)29-9-23(25,26)10-29/h2-8H,9-10H2,1H3,(H2,27,30). The first kappa shape index (κ1) is 22.1. The van der Waals surface area contributed by atoms with E-state index in [1.807, 2.05) is 0 Å². The van der Waals surface area contributed by atoms with Crippen LogP contribution in [-0.2, 0) is 0 Å². The number of aromatic nitrogens is 1. The monoisotopic (exact) mass is 531 g/mol. The van der Waals surface area contributed by atoms with Crippen molar-refractivity contribution >= 4 is 49.6 Å². The highest BCUT2D eigenvalue weighted by atomic mass is 79.9. The second-order valence-electron chi connectivity index (χ2n) is 7.79. The van der Waals surface area contributed by atoms with Gasteiger partial charge in [-0.1, -0.05) is 0 Å². The molecule has 11 heteroatoms. The van der Waals surface area contributed by atoms with Crippen molar-refractivity contribution in [2.75, 3.05) is 20.2 Å². The maximum absolute atomic E-state index is 13.2. The second kappa shape index (κ2) is 7.94. The van der Waals surface area contributed by atoms with Gasteiger partial charge < -0.3 is 24.5 Å². The van der Waals surface area contributed by atoms with Crippen molar-refractivity contribution in [1.29, 1.82) is 0 Å². The van der Waals surface area contributed by atoms with Gasteiger partial charge in [0.1, 0.15) is 29.1 Å². The van der Waals surface area contributed by atoms with E-state index < -0.39 is 30.8 Å². The zero-order valence-corrected chi connectivity index (χ0v) is 19.2. The van der Waals surface area contributed by atoms with Gasteiger partial charge in [-0.15, -0.1) is 0 Å². The zero-order valence-electron chi connectivity index (χ0n) is 17.6. The summed E-state index contributed by atoms with van der Waals surface area (Å²) in [6, 6.07) is 7.96.